The summed E-state index contributed by atoms with van der Waals surface area (Å²) in [7, 11) is 2.94. The Hall–Kier alpha value is -2.11. The minimum Gasteiger partial charge on any atom is -0.389 e. The van der Waals surface area contributed by atoms with Gasteiger partial charge in [-0.05, 0) is 30.2 Å². The fraction of sp³-hybridized carbons (Fsp3) is 0.389. The minimum atomic E-state index is -1.37. The highest BCUT2D eigenvalue weighted by atomic mass is 16.9. The lowest BCUT2D eigenvalue weighted by Gasteiger charge is -2.32. The molecule has 1 saturated heterocycles. The molecular weight excluding hydrogens is 294 g/mol. The Morgan fingerprint density at radius 2 is 1.78 bits per heavy atom. The Balaban J connectivity index is 2.02. The molecule has 0 saturated carbocycles. The fourth-order valence-electron chi connectivity index (χ4n) is 3.35. The molecule has 2 aromatic rings. The number of cyclic esters (lactones) is 1. The van der Waals surface area contributed by atoms with Crippen molar-refractivity contribution < 1.29 is 19.0 Å². The highest BCUT2D eigenvalue weighted by Gasteiger charge is 2.55. The lowest BCUT2D eigenvalue weighted by Crippen LogP contribution is -2.47. The Morgan fingerprint density at radius 3 is 2.43 bits per heavy atom. The molecule has 0 N–H and O–H groups in total. The third kappa shape index (κ3) is 2.36. The lowest BCUT2D eigenvalue weighted by molar-refractivity contribution is -0.331. The number of amides is 1. The number of benzene rings is 2. The van der Waals surface area contributed by atoms with E-state index in [0.717, 1.165) is 16.3 Å². The van der Waals surface area contributed by atoms with Crippen molar-refractivity contribution in [1.82, 2.24) is 4.90 Å². The largest absolute Gasteiger partial charge is 0.415 e. The Morgan fingerprint density at radius 1 is 1.13 bits per heavy atom. The number of nitrogens with zero attached hydrogens (tertiary/aromatic N) is 1. The topological polar surface area (TPSA) is 48.0 Å². The fourth-order valence-corrected chi connectivity index (χ4v) is 3.35. The second-order valence-electron chi connectivity index (χ2n) is 5.71. The number of fused-ring (bicyclic) bond motifs is 1. The number of hydrogen-bond acceptors (Lipinski definition) is 4. The van der Waals surface area contributed by atoms with Crippen molar-refractivity contribution in [2.24, 2.45) is 0 Å². The Labute approximate surface area is 135 Å². The van der Waals surface area contributed by atoms with Crippen molar-refractivity contribution in [2.45, 2.75) is 31.9 Å². The van der Waals surface area contributed by atoms with E-state index in [1.807, 2.05) is 38.1 Å². The van der Waals surface area contributed by atoms with Crippen LogP contribution in [0.1, 0.15) is 25.5 Å². The average molecular weight is 315 g/mol. The zero-order valence-corrected chi connectivity index (χ0v) is 13.8. The van der Waals surface area contributed by atoms with E-state index < -0.39 is 12.1 Å². The molecule has 1 unspecified atom stereocenters. The van der Waals surface area contributed by atoms with Gasteiger partial charge < -0.3 is 14.2 Å². The molecule has 0 aromatic heterocycles. The van der Waals surface area contributed by atoms with Crippen LogP contribution in [-0.4, -0.2) is 37.2 Å². The molecule has 3 rings (SSSR count). The second-order valence-corrected chi connectivity index (χ2v) is 5.71. The molecule has 1 aliphatic heterocycles. The molecule has 1 aliphatic rings. The summed E-state index contributed by atoms with van der Waals surface area (Å²) in [5.74, 6) is -1.37. The van der Waals surface area contributed by atoms with Crippen molar-refractivity contribution >= 4 is 16.9 Å². The van der Waals surface area contributed by atoms with Gasteiger partial charge in [-0.1, -0.05) is 42.5 Å². The van der Waals surface area contributed by atoms with Gasteiger partial charge in [0.1, 0.15) is 6.04 Å². The SMILES string of the molecule is COC1(OC)OC(=O)N([C@H](C)c2cccc3ccccc23)C1C. The molecule has 2 aromatic carbocycles. The molecule has 1 amide bonds. The predicted octanol–water partition coefficient (Wildman–Crippen LogP) is 3.69. The normalized spacial score (nSPS) is 21.5. The molecule has 0 aliphatic carbocycles. The van der Waals surface area contributed by atoms with Crippen molar-refractivity contribution in [3.05, 3.63) is 48.0 Å². The number of rotatable bonds is 4. The van der Waals surface area contributed by atoms with Crippen LogP contribution in [0, 0.1) is 0 Å². The van der Waals surface area contributed by atoms with E-state index in [4.69, 9.17) is 14.2 Å². The number of carbonyl (C=O) groups is 1. The van der Waals surface area contributed by atoms with Gasteiger partial charge in [0.25, 0.3) is 0 Å². The summed E-state index contributed by atoms with van der Waals surface area (Å²) in [4.78, 5) is 14.1. The molecule has 1 heterocycles. The van der Waals surface area contributed by atoms with Crippen LogP contribution in [0.5, 0.6) is 0 Å². The van der Waals surface area contributed by atoms with E-state index >= 15 is 0 Å². The molecule has 122 valence electrons. The van der Waals surface area contributed by atoms with Crippen LogP contribution in [0.25, 0.3) is 10.8 Å². The van der Waals surface area contributed by atoms with E-state index in [0.29, 0.717) is 0 Å². The number of ether oxygens (including phenoxy) is 3. The van der Waals surface area contributed by atoms with Crippen molar-refractivity contribution in [3.63, 3.8) is 0 Å². The monoisotopic (exact) mass is 315 g/mol. The number of methoxy groups -OCH3 is 2. The summed E-state index contributed by atoms with van der Waals surface area (Å²) in [5, 5.41) is 2.26. The van der Waals surface area contributed by atoms with Gasteiger partial charge in [-0.15, -0.1) is 0 Å². The summed E-state index contributed by atoms with van der Waals surface area (Å²) < 4.78 is 16.0. The molecule has 0 spiro atoms. The Bertz CT molecular complexity index is 721. The molecule has 1 fully saturated rings. The van der Waals surface area contributed by atoms with E-state index in [1.165, 1.54) is 14.2 Å². The van der Waals surface area contributed by atoms with E-state index in [1.54, 1.807) is 4.90 Å². The van der Waals surface area contributed by atoms with E-state index in [9.17, 15) is 4.79 Å². The van der Waals surface area contributed by atoms with Crippen molar-refractivity contribution in [1.29, 1.82) is 0 Å². The third-order valence-corrected chi connectivity index (χ3v) is 4.63. The number of carbonyl (C=O) groups excluding carboxylic acids is 1. The van der Waals surface area contributed by atoms with E-state index in [-0.39, 0.29) is 12.1 Å². The van der Waals surface area contributed by atoms with Gasteiger partial charge >= 0.3 is 12.1 Å². The molecule has 0 radical (unpaired) electrons. The van der Waals surface area contributed by atoms with Crippen molar-refractivity contribution in [3.8, 4) is 0 Å². The van der Waals surface area contributed by atoms with Gasteiger partial charge in [0.05, 0.1) is 6.04 Å². The van der Waals surface area contributed by atoms with Crippen LogP contribution < -0.4 is 0 Å². The Kier molecular flexibility index (Phi) is 4.00. The highest BCUT2D eigenvalue weighted by Crippen LogP contribution is 2.38. The minimum absolute atomic E-state index is 0.171. The van der Waals surface area contributed by atoms with Crippen LogP contribution in [0.4, 0.5) is 4.79 Å². The quantitative estimate of drug-likeness (QED) is 0.807. The van der Waals surface area contributed by atoms with Crippen LogP contribution in [-0.2, 0) is 14.2 Å². The second kappa shape index (κ2) is 5.83. The maximum absolute atomic E-state index is 12.4. The molecule has 5 nitrogen and oxygen atoms in total. The maximum Gasteiger partial charge on any atom is 0.415 e. The summed E-state index contributed by atoms with van der Waals surface area (Å²) >= 11 is 0. The molecule has 0 bridgehead atoms. The lowest BCUT2D eigenvalue weighted by atomic mass is 9.98. The van der Waals surface area contributed by atoms with Crippen molar-refractivity contribution in [2.75, 3.05) is 14.2 Å². The van der Waals surface area contributed by atoms with Crippen LogP contribution in [0.15, 0.2) is 42.5 Å². The first-order valence-electron chi connectivity index (χ1n) is 7.63. The van der Waals surface area contributed by atoms with E-state index in [2.05, 4.69) is 18.2 Å². The zero-order chi connectivity index (χ0) is 16.6. The molecular formula is C18H21NO4. The summed E-state index contributed by atoms with van der Waals surface area (Å²) in [5.41, 5.74) is 1.06. The van der Waals surface area contributed by atoms with Gasteiger partial charge in [0, 0.05) is 14.2 Å². The predicted molar refractivity (Wildman–Crippen MR) is 86.9 cm³/mol. The maximum atomic E-state index is 12.4. The first-order valence-corrected chi connectivity index (χ1v) is 7.63. The van der Waals surface area contributed by atoms with Gasteiger partial charge in [-0.25, -0.2) is 4.79 Å². The van der Waals surface area contributed by atoms with Gasteiger partial charge in [-0.3, -0.25) is 4.90 Å². The summed E-state index contributed by atoms with van der Waals surface area (Å²) in [6, 6.07) is 13.7. The third-order valence-electron chi connectivity index (χ3n) is 4.63. The van der Waals surface area contributed by atoms with Crippen LogP contribution >= 0.6 is 0 Å². The molecule has 23 heavy (non-hydrogen) atoms. The molecule has 5 heteroatoms. The van der Waals surface area contributed by atoms with Gasteiger partial charge in [-0.2, -0.15) is 0 Å². The molecule has 2 atom stereocenters. The highest BCUT2D eigenvalue weighted by molar-refractivity contribution is 5.86. The van der Waals surface area contributed by atoms with Crippen LogP contribution in [0.2, 0.25) is 0 Å². The first-order chi connectivity index (χ1) is 11.0. The number of hydrogen-bond donors (Lipinski definition) is 0. The van der Waals surface area contributed by atoms with Crippen LogP contribution in [0.3, 0.4) is 0 Å². The zero-order valence-electron chi connectivity index (χ0n) is 13.8. The van der Waals surface area contributed by atoms with Gasteiger partial charge in [0.15, 0.2) is 0 Å². The smallest absolute Gasteiger partial charge is 0.389 e. The van der Waals surface area contributed by atoms with Gasteiger partial charge in [0.2, 0.25) is 0 Å². The standard InChI is InChI=1S/C18H21NO4/c1-12(15-11-7-9-14-8-5-6-10-16(14)15)19-13(2)18(21-3,22-4)23-17(19)20/h5-13H,1-4H3/t12-,13?/m1/s1. The summed E-state index contributed by atoms with van der Waals surface area (Å²) in [6.45, 7) is 3.85. The summed E-state index contributed by atoms with van der Waals surface area (Å²) in [6.07, 6.45) is -0.443. The first kappa shape index (κ1) is 15.8. The average Bonchev–Trinajstić information content (AvgIpc) is 2.84.